The fourth-order valence-electron chi connectivity index (χ4n) is 2.13. The Balaban J connectivity index is 2.83. The third-order valence-corrected chi connectivity index (χ3v) is 3.26. The van der Waals surface area contributed by atoms with Crippen LogP contribution in [0.25, 0.3) is 0 Å². The van der Waals surface area contributed by atoms with Gasteiger partial charge in [-0.05, 0) is 37.8 Å². The summed E-state index contributed by atoms with van der Waals surface area (Å²) >= 11 is 0. The van der Waals surface area contributed by atoms with E-state index in [0.717, 1.165) is 25.7 Å². The van der Waals surface area contributed by atoms with Crippen molar-refractivity contribution >= 4 is 11.8 Å². The summed E-state index contributed by atoms with van der Waals surface area (Å²) in [6, 6.07) is 0. The van der Waals surface area contributed by atoms with Gasteiger partial charge in [0, 0.05) is 12.3 Å². The number of methoxy groups -OCH3 is 1. The number of allylic oxidation sites excluding steroid dienone is 2. The topological polar surface area (TPSA) is 52.6 Å². The van der Waals surface area contributed by atoms with E-state index in [1.807, 2.05) is 19.1 Å². The number of rotatable bonds is 1. The van der Waals surface area contributed by atoms with E-state index in [4.69, 9.17) is 9.47 Å². The number of carbonyl (C=O) groups is 2. The summed E-state index contributed by atoms with van der Waals surface area (Å²) in [6.45, 7) is 4.00. The molecule has 1 rings (SSSR count). The van der Waals surface area contributed by atoms with Crippen LogP contribution < -0.4 is 0 Å². The molecule has 0 saturated heterocycles. The number of hydrogen-bond donors (Lipinski definition) is 0. The van der Waals surface area contributed by atoms with Crippen molar-refractivity contribution in [2.75, 3.05) is 13.7 Å². The summed E-state index contributed by atoms with van der Waals surface area (Å²) in [7, 11) is 1.52. The Hall–Kier alpha value is -1.58. The third kappa shape index (κ3) is 5.59. The summed E-state index contributed by atoms with van der Waals surface area (Å²) in [5, 5.41) is 0. The molecule has 0 amide bonds. The first-order valence-corrected chi connectivity index (χ1v) is 7.17. The predicted octanol–water partition coefficient (Wildman–Crippen LogP) is 3.18. The van der Waals surface area contributed by atoms with Crippen molar-refractivity contribution < 1.29 is 19.1 Å². The van der Waals surface area contributed by atoms with E-state index in [1.54, 1.807) is 6.92 Å². The molecule has 0 saturated carbocycles. The van der Waals surface area contributed by atoms with Gasteiger partial charge in [-0.25, -0.2) is 0 Å². The van der Waals surface area contributed by atoms with E-state index in [-0.39, 0.29) is 17.7 Å². The van der Waals surface area contributed by atoms with Crippen LogP contribution in [0.4, 0.5) is 0 Å². The Kier molecular flexibility index (Phi) is 7.05. The van der Waals surface area contributed by atoms with Gasteiger partial charge in [0.05, 0.1) is 13.7 Å². The minimum Gasteiger partial charge on any atom is -0.493 e. The summed E-state index contributed by atoms with van der Waals surface area (Å²) < 4.78 is 10.4. The SMILES string of the molecule is COC1=CCCCCCC(=O)OCC(C)C=C(C)C1=O. The van der Waals surface area contributed by atoms with Crippen molar-refractivity contribution in [1.82, 2.24) is 0 Å². The monoisotopic (exact) mass is 280 g/mol. The zero-order valence-corrected chi connectivity index (χ0v) is 12.6. The van der Waals surface area contributed by atoms with Crippen LogP contribution in [0, 0.1) is 5.92 Å². The van der Waals surface area contributed by atoms with Gasteiger partial charge in [-0.15, -0.1) is 0 Å². The normalized spacial score (nSPS) is 23.2. The van der Waals surface area contributed by atoms with Gasteiger partial charge in [-0.1, -0.05) is 19.4 Å². The molecule has 1 unspecified atom stereocenters. The number of Topliss-reactive ketones (excluding diaryl/α,β-unsaturated/α-hetero) is 1. The first-order chi connectivity index (χ1) is 9.54. The lowest BCUT2D eigenvalue weighted by molar-refractivity contribution is -0.144. The molecule has 0 aromatic rings. The zero-order chi connectivity index (χ0) is 15.0. The molecule has 0 N–H and O–H groups in total. The van der Waals surface area contributed by atoms with Gasteiger partial charge in [-0.2, -0.15) is 0 Å². The van der Waals surface area contributed by atoms with Crippen LogP contribution in [0.5, 0.6) is 0 Å². The van der Waals surface area contributed by atoms with Crippen molar-refractivity contribution in [3.05, 3.63) is 23.5 Å². The molecule has 0 aliphatic carbocycles. The quantitative estimate of drug-likeness (QED) is 0.692. The maximum absolute atomic E-state index is 12.2. The van der Waals surface area contributed by atoms with E-state index in [2.05, 4.69) is 0 Å². The maximum Gasteiger partial charge on any atom is 0.305 e. The molecule has 1 heterocycles. The lowest BCUT2D eigenvalue weighted by Gasteiger charge is -2.11. The lowest BCUT2D eigenvalue weighted by atomic mass is 10.0. The van der Waals surface area contributed by atoms with Crippen LogP contribution in [0.2, 0.25) is 0 Å². The second-order valence-electron chi connectivity index (χ2n) is 5.21. The molecule has 20 heavy (non-hydrogen) atoms. The molecular weight excluding hydrogens is 256 g/mol. The molecule has 0 radical (unpaired) electrons. The zero-order valence-electron chi connectivity index (χ0n) is 12.6. The summed E-state index contributed by atoms with van der Waals surface area (Å²) in [5.41, 5.74) is 0.624. The van der Waals surface area contributed by atoms with Gasteiger partial charge in [0.15, 0.2) is 5.76 Å². The van der Waals surface area contributed by atoms with E-state index in [0.29, 0.717) is 24.4 Å². The van der Waals surface area contributed by atoms with Crippen LogP contribution in [0.1, 0.15) is 46.0 Å². The Morgan fingerprint density at radius 3 is 2.70 bits per heavy atom. The van der Waals surface area contributed by atoms with Crippen molar-refractivity contribution in [3.8, 4) is 0 Å². The number of esters is 1. The molecule has 4 heteroatoms. The molecule has 0 spiro atoms. The third-order valence-electron chi connectivity index (χ3n) is 3.26. The molecule has 0 fully saturated rings. The number of hydrogen-bond acceptors (Lipinski definition) is 4. The van der Waals surface area contributed by atoms with E-state index < -0.39 is 0 Å². The van der Waals surface area contributed by atoms with Crippen molar-refractivity contribution in [2.45, 2.75) is 46.0 Å². The largest absolute Gasteiger partial charge is 0.493 e. The Morgan fingerprint density at radius 1 is 1.25 bits per heavy atom. The van der Waals surface area contributed by atoms with Crippen molar-refractivity contribution in [3.63, 3.8) is 0 Å². The van der Waals surface area contributed by atoms with Crippen LogP contribution in [0.3, 0.4) is 0 Å². The standard InChI is InChI=1S/C16H24O4/c1-12-10-13(2)16(18)14(19-3)8-6-4-5-7-9-15(17)20-11-12/h8,10,12H,4-7,9,11H2,1-3H3. The molecule has 0 aromatic carbocycles. The van der Waals surface area contributed by atoms with Crippen LogP contribution in [-0.4, -0.2) is 25.5 Å². The highest BCUT2D eigenvalue weighted by atomic mass is 16.5. The van der Waals surface area contributed by atoms with E-state index in [1.165, 1.54) is 7.11 Å². The summed E-state index contributed by atoms with van der Waals surface area (Å²) in [6.07, 6.45) is 7.63. The molecule has 4 nitrogen and oxygen atoms in total. The van der Waals surface area contributed by atoms with Crippen LogP contribution in [-0.2, 0) is 19.1 Å². The summed E-state index contributed by atoms with van der Waals surface area (Å²) in [4.78, 5) is 23.7. The highest BCUT2D eigenvalue weighted by Crippen LogP contribution is 2.14. The minimum atomic E-state index is -0.153. The average molecular weight is 280 g/mol. The number of ketones is 1. The van der Waals surface area contributed by atoms with Crippen LogP contribution >= 0.6 is 0 Å². The number of cyclic esters (lactones) is 1. The molecule has 0 bridgehead atoms. The maximum atomic E-state index is 12.2. The lowest BCUT2D eigenvalue weighted by Crippen LogP contribution is -2.13. The van der Waals surface area contributed by atoms with Gasteiger partial charge >= 0.3 is 5.97 Å². The van der Waals surface area contributed by atoms with Crippen LogP contribution in [0.15, 0.2) is 23.5 Å². The first-order valence-electron chi connectivity index (χ1n) is 7.17. The number of carbonyl (C=O) groups excluding carboxylic acids is 2. The fraction of sp³-hybridized carbons (Fsp3) is 0.625. The second kappa shape index (κ2) is 8.56. The van der Waals surface area contributed by atoms with Gasteiger partial charge in [0.1, 0.15) is 0 Å². The smallest absolute Gasteiger partial charge is 0.305 e. The highest BCUT2D eigenvalue weighted by Gasteiger charge is 2.14. The average Bonchev–Trinajstić information content (AvgIpc) is 2.43. The Labute approximate surface area is 120 Å². The van der Waals surface area contributed by atoms with Gasteiger partial charge in [0.25, 0.3) is 0 Å². The van der Waals surface area contributed by atoms with Crippen molar-refractivity contribution in [1.29, 1.82) is 0 Å². The molecule has 1 atom stereocenters. The fourth-order valence-corrected chi connectivity index (χ4v) is 2.13. The van der Waals surface area contributed by atoms with Gasteiger partial charge < -0.3 is 9.47 Å². The molecular formula is C16H24O4. The molecule has 0 aromatic heterocycles. The molecule has 1 aliphatic heterocycles. The summed E-state index contributed by atoms with van der Waals surface area (Å²) in [5.74, 6) is 0.172. The minimum absolute atomic E-state index is 0.0175. The Morgan fingerprint density at radius 2 is 2.00 bits per heavy atom. The molecule has 112 valence electrons. The predicted molar refractivity (Wildman–Crippen MR) is 77.1 cm³/mol. The number of ether oxygens (including phenoxy) is 2. The van der Waals surface area contributed by atoms with E-state index in [9.17, 15) is 9.59 Å². The second-order valence-corrected chi connectivity index (χ2v) is 5.21. The Bertz CT molecular complexity index is 407. The highest BCUT2D eigenvalue weighted by molar-refractivity contribution is 6.06. The van der Waals surface area contributed by atoms with E-state index >= 15 is 0 Å². The van der Waals surface area contributed by atoms with Gasteiger partial charge in [-0.3, -0.25) is 9.59 Å². The van der Waals surface area contributed by atoms with Gasteiger partial charge in [0.2, 0.25) is 5.78 Å². The van der Waals surface area contributed by atoms with Crippen molar-refractivity contribution in [2.24, 2.45) is 5.92 Å². The first kappa shape index (κ1) is 16.5. The molecule has 1 aliphatic rings.